The molecule has 0 aliphatic carbocycles. The summed E-state index contributed by atoms with van der Waals surface area (Å²) in [6.45, 7) is 3.57. The zero-order valence-corrected chi connectivity index (χ0v) is 14.5. The molecule has 2 aliphatic heterocycles. The van der Waals surface area contributed by atoms with Crippen LogP contribution in [0.25, 0.3) is 0 Å². The van der Waals surface area contributed by atoms with Gasteiger partial charge in [0.25, 0.3) is 0 Å². The molecule has 1 aromatic carbocycles. The van der Waals surface area contributed by atoms with E-state index in [2.05, 4.69) is 27.1 Å². The van der Waals surface area contributed by atoms with E-state index in [1.165, 1.54) is 12.8 Å². The van der Waals surface area contributed by atoms with E-state index in [0.29, 0.717) is 0 Å². The lowest BCUT2D eigenvalue weighted by atomic mass is 10.0. The number of aromatic nitrogens is 3. The largest absolute Gasteiger partial charge is 0.339 e. The smallest absolute Gasteiger partial charge is 0.244 e. The molecule has 0 bridgehead atoms. The van der Waals surface area contributed by atoms with Crippen molar-refractivity contribution >= 4 is 5.91 Å². The van der Waals surface area contributed by atoms with Gasteiger partial charge in [0.05, 0.1) is 6.04 Å². The Morgan fingerprint density at radius 2 is 1.88 bits per heavy atom. The van der Waals surface area contributed by atoms with Gasteiger partial charge in [0.2, 0.25) is 5.91 Å². The summed E-state index contributed by atoms with van der Waals surface area (Å²) in [5.74, 6) is 0.234. The third kappa shape index (κ3) is 3.44. The molecule has 2 fully saturated rings. The zero-order valence-electron chi connectivity index (χ0n) is 14.5. The van der Waals surface area contributed by atoms with Crippen LogP contribution in [-0.4, -0.2) is 56.7 Å². The van der Waals surface area contributed by atoms with Crippen molar-refractivity contribution in [2.45, 2.75) is 37.8 Å². The standard InChI is InChI=1S/C19H25N5O/c25-19(23-12-6-9-17(13-23)24-15-20-14-21-24)18(22-10-4-5-11-22)16-7-2-1-3-8-16/h1-3,7-8,14-15,17-18H,4-6,9-13H2/t17-,18+/m0/s1. The van der Waals surface area contributed by atoms with Gasteiger partial charge >= 0.3 is 0 Å². The van der Waals surface area contributed by atoms with Gasteiger partial charge in [-0.3, -0.25) is 9.69 Å². The second-order valence-corrected chi connectivity index (χ2v) is 7.01. The highest BCUT2D eigenvalue weighted by Gasteiger charge is 2.35. The Kier molecular flexibility index (Phi) is 4.78. The third-order valence-corrected chi connectivity index (χ3v) is 5.37. The highest BCUT2D eigenvalue weighted by molar-refractivity contribution is 5.83. The molecule has 6 heteroatoms. The average molecular weight is 339 g/mol. The van der Waals surface area contributed by atoms with Crippen molar-refractivity contribution in [1.29, 1.82) is 0 Å². The summed E-state index contributed by atoms with van der Waals surface area (Å²) >= 11 is 0. The lowest BCUT2D eigenvalue weighted by Crippen LogP contribution is -2.46. The van der Waals surface area contributed by atoms with Gasteiger partial charge in [-0.2, -0.15) is 5.10 Å². The van der Waals surface area contributed by atoms with Crippen molar-refractivity contribution in [3.05, 3.63) is 48.5 Å². The number of amides is 1. The summed E-state index contributed by atoms with van der Waals surface area (Å²) in [6, 6.07) is 10.3. The van der Waals surface area contributed by atoms with Crippen LogP contribution in [0.1, 0.15) is 43.3 Å². The van der Waals surface area contributed by atoms with Crippen LogP contribution in [0.2, 0.25) is 0 Å². The quantitative estimate of drug-likeness (QED) is 0.857. The first-order valence-corrected chi connectivity index (χ1v) is 9.25. The number of piperidine rings is 1. The Balaban J connectivity index is 1.55. The van der Waals surface area contributed by atoms with Crippen LogP contribution in [0, 0.1) is 0 Å². The molecule has 3 heterocycles. The molecule has 6 nitrogen and oxygen atoms in total. The molecule has 2 aliphatic rings. The molecule has 4 rings (SSSR count). The zero-order chi connectivity index (χ0) is 17.1. The van der Waals surface area contributed by atoms with Crippen LogP contribution < -0.4 is 0 Å². The molecule has 1 amide bonds. The van der Waals surface area contributed by atoms with E-state index in [1.807, 2.05) is 27.8 Å². The van der Waals surface area contributed by atoms with Crippen LogP contribution in [0.4, 0.5) is 0 Å². The van der Waals surface area contributed by atoms with Crippen molar-refractivity contribution in [3.63, 3.8) is 0 Å². The van der Waals surface area contributed by atoms with Crippen LogP contribution >= 0.6 is 0 Å². The second kappa shape index (κ2) is 7.35. The van der Waals surface area contributed by atoms with Crippen LogP contribution in [-0.2, 0) is 4.79 Å². The summed E-state index contributed by atoms with van der Waals surface area (Å²) in [5, 5.41) is 4.27. The van der Waals surface area contributed by atoms with Gasteiger partial charge in [-0.1, -0.05) is 30.3 Å². The maximum absolute atomic E-state index is 13.4. The number of benzene rings is 1. The minimum Gasteiger partial charge on any atom is -0.339 e. The molecule has 0 saturated carbocycles. The number of nitrogens with zero attached hydrogens (tertiary/aromatic N) is 5. The molecule has 0 radical (unpaired) electrons. The number of hydrogen-bond donors (Lipinski definition) is 0. The Hall–Kier alpha value is -2.21. The summed E-state index contributed by atoms with van der Waals surface area (Å²) in [7, 11) is 0. The number of hydrogen-bond acceptors (Lipinski definition) is 4. The molecule has 2 aromatic rings. The Labute approximate surface area is 148 Å². The topological polar surface area (TPSA) is 54.3 Å². The first-order valence-electron chi connectivity index (χ1n) is 9.25. The van der Waals surface area contributed by atoms with Crippen molar-refractivity contribution in [2.75, 3.05) is 26.2 Å². The van der Waals surface area contributed by atoms with Gasteiger partial charge in [-0.05, 0) is 44.3 Å². The Bertz CT molecular complexity index is 681. The predicted octanol–water partition coefficient (Wildman–Crippen LogP) is 2.28. The number of carbonyl (C=O) groups excluding carboxylic acids is 1. The molecule has 25 heavy (non-hydrogen) atoms. The molecular weight excluding hydrogens is 314 g/mol. The maximum Gasteiger partial charge on any atom is 0.244 e. The van der Waals surface area contributed by atoms with Crippen molar-refractivity contribution in [1.82, 2.24) is 24.6 Å². The van der Waals surface area contributed by atoms with Crippen LogP contribution in [0.15, 0.2) is 43.0 Å². The van der Waals surface area contributed by atoms with Gasteiger partial charge in [-0.15, -0.1) is 0 Å². The van der Waals surface area contributed by atoms with E-state index in [4.69, 9.17) is 0 Å². The van der Waals surface area contributed by atoms with Gasteiger partial charge in [0.1, 0.15) is 18.7 Å². The first kappa shape index (κ1) is 16.3. The SMILES string of the molecule is O=C([C@@H](c1ccccc1)N1CCCC1)N1CCC[C@H](n2cncn2)C1. The molecule has 0 N–H and O–H groups in total. The van der Waals surface area contributed by atoms with Gasteiger partial charge in [-0.25, -0.2) is 9.67 Å². The summed E-state index contributed by atoms with van der Waals surface area (Å²) in [4.78, 5) is 21.9. The van der Waals surface area contributed by atoms with Crippen LogP contribution in [0.5, 0.6) is 0 Å². The van der Waals surface area contributed by atoms with E-state index in [9.17, 15) is 4.79 Å². The second-order valence-electron chi connectivity index (χ2n) is 7.01. The highest BCUT2D eigenvalue weighted by atomic mass is 16.2. The van der Waals surface area contributed by atoms with E-state index >= 15 is 0 Å². The van der Waals surface area contributed by atoms with E-state index in [-0.39, 0.29) is 18.0 Å². The van der Waals surface area contributed by atoms with E-state index < -0.39 is 0 Å². The molecule has 2 saturated heterocycles. The minimum absolute atomic E-state index is 0.154. The van der Waals surface area contributed by atoms with Crippen molar-refractivity contribution < 1.29 is 4.79 Å². The van der Waals surface area contributed by atoms with E-state index in [0.717, 1.165) is 44.6 Å². The molecule has 0 spiro atoms. The van der Waals surface area contributed by atoms with Gasteiger partial charge < -0.3 is 4.90 Å². The fourth-order valence-electron chi connectivity index (χ4n) is 4.09. The molecular formula is C19H25N5O. The summed E-state index contributed by atoms with van der Waals surface area (Å²) < 4.78 is 1.90. The third-order valence-electron chi connectivity index (χ3n) is 5.37. The molecule has 0 unspecified atom stereocenters. The molecule has 1 aromatic heterocycles. The molecule has 132 valence electrons. The monoisotopic (exact) mass is 339 g/mol. The summed E-state index contributed by atoms with van der Waals surface area (Å²) in [5.41, 5.74) is 1.11. The normalized spacial score (nSPS) is 22.9. The van der Waals surface area contributed by atoms with Crippen LogP contribution in [0.3, 0.4) is 0 Å². The Morgan fingerprint density at radius 3 is 2.60 bits per heavy atom. The lowest BCUT2D eigenvalue weighted by Gasteiger charge is -2.37. The first-order chi connectivity index (χ1) is 12.3. The molecule has 2 atom stereocenters. The number of likely N-dealkylation sites (tertiary alicyclic amines) is 2. The van der Waals surface area contributed by atoms with Crippen molar-refractivity contribution in [3.8, 4) is 0 Å². The maximum atomic E-state index is 13.4. The average Bonchev–Trinajstić information content (AvgIpc) is 3.37. The van der Waals surface area contributed by atoms with Crippen molar-refractivity contribution in [2.24, 2.45) is 0 Å². The fraction of sp³-hybridized carbons (Fsp3) is 0.526. The predicted molar refractivity (Wildman–Crippen MR) is 94.9 cm³/mol. The number of carbonyl (C=O) groups is 1. The van der Waals surface area contributed by atoms with Gasteiger partial charge in [0, 0.05) is 13.1 Å². The summed E-state index contributed by atoms with van der Waals surface area (Å²) in [6.07, 6.45) is 7.74. The highest BCUT2D eigenvalue weighted by Crippen LogP contribution is 2.29. The number of rotatable bonds is 4. The Morgan fingerprint density at radius 1 is 1.08 bits per heavy atom. The van der Waals surface area contributed by atoms with Gasteiger partial charge in [0.15, 0.2) is 0 Å². The fourth-order valence-corrected chi connectivity index (χ4v) is 4.09. The minimum atomic E-state index is -0.154. The van der Waals surface area contributed by atoms with E-state index in [1.54, 1.807) is 12.7 Å². The lowest BCUT2D eigenvalue weighted by molar-refractivity contribution is -0.138.